The fraction of sp³-hybridized carbons (Fsp3) is 0.867. The molecule has 0 spiro atoms. The van der Waals surface area contributed by atoms with Crippen molar-refractivity contribution >= 4 is 12.4 Å². The van der Waals surface area contributed by atoms with Gasteiger partial charge in [-0.05, 0) is 25.7 Å². The minimum Gasteiger partial charge on any atom is -0.471 e. The Morgan fingerprint density at radius 3 is 2.00 bits per heavy atom. The number of carbonyl (C=O) groups excluding carboxylic acids is 2. The first-order valence-corrected chi connectivity index (χ1v) is 7.36. The average molecular weight is 290 g/mol. The summed E-state index contributed by atoms with van der Waals surface area (Å²) in [6.45, 7) is 14.0. The van der Waals surface area contributed by atoms with Crippen LogP contribution in [0.4, 0.5) is 0 Å². The number of ether oxygens (including phenoxy) is 1. The van der Waals surface area contributed by atoms with Gasteiger partial charge in [-0.3, -0.25) is 9.59 Å². The van der Waals surface area contributed by atoms with Gasteiger partial charge in [0.1, 0.15) is 0 Å². The summed E-state index contributed by atoms with van der Waals surface area (Å²) in [6, 6.07) is 0.413. The van der Waals surface area contributed by atoms with Crippen LogP contribution in [0.25, 0.3) is 0 Å². The highest BCUT2D eigenvalue weighted by Gasteiger charge is 2.23. The molecule has 1 aliphatic rings. The van der Waals surface area contributed by atoms with Crippen LogP contribution < -0.4 is 5.73 Å². The number of nitrogens with two attached hydrogens (primary N) is 1. The third-order valence-corrected chi connectivity index (χ3v) is 2.14. The van der Waals surface area contributed by atoms with E-state index in [1.807, 2.05) is 18.7 Å². The van der Waals surface area contributed by atoms with Crippen LogP contribution in [0.2, 0.25) is 0 Å². The molecule has 1 atom stereocenters. The summed E-state index contributed by atoms with van der Waals surface area (Å²) in [6.07, 6.45) is 2.26. The summed E-state index contributed by atoms with van der Waals surface area (Å²) < 4.78 is 3.86. The summed E-state index contributed by atoms with van der Waals surface area (Å²) in [4.78, 5) is 21.8. The van der Waals surface area contributed by atoms with E-state index >= 15 is 0 Å². The van der Waals surface area contributed by atoms with E-state index < -0.39 is 0 Å². The lowest BCUT2D eigenvalue weighted by Crippen LogP contribution is -2.37. The van der Waals surface area contributed by atoms with Crippen LogP contribution in [-0.4, -0.2) is 43.5 Å². The summed E-state index contributed by atoms with van der Waals surface area (Å²) in [5.74, 6) is 0.921. The first kappa shape index (κ1) is 24.0. The fourth-order valence-corrected chi connectivity index (χ4v) is 1.42. The van der Waals surface area contributed by atoms with Crippen molar-refractivity contribution in [1.29, 1.82) is 0 Å². The topological polar surface area (TPSA) is 72.6 Å². The van der Waals surface area contributed by atoms with Crippen molar-refractivity contribution < 1.29 is 14.3 Å². The highest BCUT2D eigenvalue weighted by Crippen LogP contribution is 2.15. The van der Waals surface area contributed by atoms with Crippen LogP contribution in [-0.2, 0) is 14.3 Å². The van der Waals surface area contributed by atoms with Gasteiger partial charge in [0, 0.05) is 12.6 Å². The average Bonchev–Trinajstić information content (AvgIpc) is 2.86. The van der Waals surface area contributed by atoms with Gasteiger partial charge in [0.05, 0.1) is 13.7 Å². The van der Waals surface area contributed by atoms with E-state index in [-0.39, 0.29) is 12.5 Å². The Morgan fingerprint density at radius 2 is 1.80 bits per heavy atom. The van der Waals surface area contributed by atoms with Crippen molar-refractivity contribution in [1.82, 2.24) is 4.90 Å². The monoisotopic (exact) mass is 290 g/mol. The molecule has 0 bridgehead atoms. The molecule has 1 unspecified atom stereocenters. The summed E-state index contributed by atoms with van der Waals surface area (Å²) in [7, 11) is 1.31. The molecule has 1 saturated heterocycles. The normalized spacial score (nSPS) is 15.8. The van der Waals surface area contributed by atoms with Crippen molar-refractivity contribution in [2.75, 3.05) is 20.2 Å². The third-order valence-electron chi connectivity index (χ3n) is 2.14. The second kappa shape index (κ2) is 17.9. The molecule has 0 radical (unpaired) electrons. The van der Waals surface area contributed by atoms with Crippen LogP contribution in [0.3, 0.4) is 0 Å². The Balaban J connectivity index is -0.000000243. The minimum absolute atomic E-state index is 0.0880. The fourth-order valence-electron chi connectivity index (χ4n) is 1.42. The van der Waals surface area contributed by atoms with Crippen molar-refractivity contribution in [2.45, 2.75) is 60.4 Å². The largest absolute Gasteiger partial charge is 0.471 e. The van der Waals surface area contributed by atoms with E-state index in [1.165, 1.54) is 7.11 Å². The van der Waals surface area contributed by atoms with Gasteiger partial charge in [-0.25, -0.2) is 0 Å². The maximum atomic E-state index is 11.0. The van der Waals surface area contributed by atoms with Gasteiger partial charge in [0.2, 0.25) is 5.91 Å². The molecule has 20 heavy (non-hydrogen) atoms. The third kappa shape index (κ3) is 16.9. The van der Waals surface area contributed by atoms with Crippen molar-refractivity contribution in [3.8, 4) is 0 Å². The van der Waals surface area contributed by atoms with Crippen LogP contribution >= 0.6 is 0 Å². The number of methoxy groups -OCH3 is 1. The number of hydrogen-bond acceptors (Lipinski definition) is 4. The smallest absolute Gasteiger partial charge is 0.292 e. The Bertz CT molecular complexity index is 218. The molecule has 5 heteroatoms. The van der Waals surface area contributed by atoms with E-state index in [0.717, 1.165) is 25.3 Å². The Morgan fingerprint density at radius 1 is 1.40 bits per heavy atom. The van der Waals surface area contributed by atoms with Gasteiger partial charge in [-0.2, -0.15) is 0 Å². The summed E-state index contributed by atoms with van der Waals surface area (Å²) >= 11 is 0. The van der Waals surface area contributed by atoms with Crippen LogP contribution in [0.1, 0.15) is 54.4 Å². The Hall–Kier alpha value is -1.10. The van der Waals surface area contributed by atoms with Crippen LogP contribution in [0.5, 0.6) is 0 Å². The Kier molecular flexibility index (Phi) is 21.4. The van der Waals surface area contributed by atoms with Gasteiger partial charge in [-0.15, -0.1) is 0 Å². The predicted octanol–water partition coefficient (Wildman–Crippen LogP) is 2.43. The highest BCUT2D eigenvalue weighted by atomic mass is 16.5. The molecule has 0 aromatic heterocycles. The number of likely N-dealkylation sites (tertiary alicyclic amines) is 1. The van der Waals surface area contributed by atoms with E-state index in [2.05, 4.69) is 32.4 Å². The molecular formula is C15H34N2O3. The standard InChI is InChI=1S/C7H14N2O.C4H10.C2H4O2.C2H6/c1-6-3-2-4-9(6)7(10)5-8;1-4(2)3;1-4-2-3;1-2/h6H,2-5,8H2,1H3;4H,1-3H3;2H,1H3;1-2H3. The first-order valence-electron chi connectivity index (χ1n) is 7.36. The summed E-state index contributed by atoms with van der Waals surface area (Å²) in [5.41, 5.74) is 5.22. The van der Waals surface area contributed by atoms with E-state index in [1.54, 1.807) is 0 Å². The molecule has 2 N–H and O–H groups in total. The zero-order valence-electron chi connectivity index (χ0n) is 14.3. The molecular weight excluding hydrogens is 256 g/mol. The summed E-state index contributed by atoms with van der Waals surface area (Å²) in [5, 5.41) is 0. The lowest BCUT2D eigenvalue weighted by Gasteiger charge is -2.19. The molecule has 0 aromatic rings. The number of nitrogens with zero attached hydrogens (tertiary/aromatic N) is 1. The molecule has 1 amide bonds. The van der Waals surface area contributed by atoms with Crippen LogP contribution in [0.15, 0.2) is 0 Å². The van der Waals surface area contributed by atoms with Crippen molar-refractivity contribution in [2.24, 2.45) is 11.7 Å². The van der Waals surface area contributed by atoms with E-state index in [4.69, 9.17) is 10.5 Å². The van der Waals surface area contributed by atoms with E-state index in [0.29, 0.717) is 12.5 Å². The second-order valence-corrected chi connectivity index (χ2v) is 4.85. The lowest BCUT2D eigenvalue weighted by atomic mass is 10.2. The maximum absolute atomic E-state index is 11.0. The molecule has 1 rings (SSSR count). The molecule has 0 saturated carbocycles. The number of rotatable bonds is 2. The molecule has 0 aliphatic carbocycles. The van der Waals surface area contributed by atoms with E-state index in [9.17, 15) is 4.79 Å². The van der Waals surface area contributed by atoms with Gasteiger partial charge in [-0.1, -0.05) is 34.6 Å². The zero-order valence-corrected chi connectivity index (χ0v) is 14.3. The number of amides is 1. The SMILES string of the molecule is CC.CC(C)C.CC1CCCN1C(=O)CN.COC=O. The quantitative estimate of drug-likeness (QED) is 0.793. The van der Waals surface area contributed by atoms with Crippen molar-refractivity contribution in [3.63, 3.8) is 0 Å². The molecule has 1 aliphatic heterocycles. The predicted molar refractivity (Wildman–Crippen MR) is 84.4 cm³/mol. The van der Waals surface area contributed by atoms with Gasteiger partial charge >= 0.3 is 0 Å². The van der Waals surface area contributed by atoms with Crippen LogP contribution in [0, 0.1) is 5.92 Å². The number of carbonyl (C=O) groups is 2. The lowest BCUT2D eigenvalue weighted by molar-refractivity contribution is -0.130. The highest BCUT2D eigenvalue weighted by molar-refractivity contribution is 5.78. The Labute approximate surface area is 124 Å². The molecule has 5 nitrogen and oxygen atoms in total. The van der Waals surface area contributed by atoms with Gasteiger partial charge in [0.15, 0.2) is 0 Å². The van der Waals surface area contributed by atoms with Crippen molar-refractivity contribution in [3.05, 3.63) is 0 Å². The molecule has 1 heterocycles. The van der Waals surface area contributed by atoms with Gasteiger partial charge in [0.25, 0.3) is 6.47 Å². The number of hydrogen-bond donors (Lipinski definition) is 1. The second-order valence-electron chi connectivity index (χ2n) is 4.85. The molecule has 122 valence electrons. The maximum Gasteiger partial charge on any atom is 0.292 e. The first-order chi connectivity index (χ1) is 9.40. The molecule has 1 fully saturated rings. The van der Waals surface area contributed by atoms with Gasteiger partial charge < -0.3 is 15.4 Å². The zero-order chi connectivity index (χ0) is 16.6. The minimum atomic E-state index is 0.0880. The molecule has 0 aromatic carbocycles.